The van der Waals surface area contributed by atoms with Crippen LogP contribution in [0.3, 0.4) is 0 Å². The summed E-state index contributed by atoms with van der Waals surface area (Å²) >= 11 is 0. The van der Waals surface area contributed by atoms with Crippen molar-refractivity contribution in [2.75, 3.05) is 27.6 Å². The minimum atomic E-state index is 0.221. The highest BCUT2D eigenvalue weighted by molar-refractivity contribution is 5.42. The van der Waals surface area contributed by atoms with E-state index in [1.165, 1.54) is 5.56 Å². The maximum absolute atomic E-state index is 5.47. The van der Waals surface area contributed by atoms with Crippen LogP contribution in [0, 0.1) is 5.92 Å². The molecule has 0 amide bonds. The van der Waals surface area contributed by atoms with Crippen molar-refractivity contribution in [2.45, 2.75) is 20.4 Å². The van der Waals surface area contributed by atoms with Crippen molar-refractivity contribution in [1.82, 2.24) is 5.32 Å². The predicted molar refractivity (Wildman–Crippen MR) is 72.0 cm³/mol. The monoisotopic (exact) mass is 253 g/mol. The lowest BCUT2D eigenvalue weighted by Gasteiger charge is -2.12. The molecular formula is C14H23NO3. The Hall–Kier alpha value is -1.26. The lowest BCUT2D eigenvalue weighted by Crippen LogP contribution is -2.19. The number of methoxy groups -OCH3 is 2. The van der Waals surface area contributed by atoms with Gasteiger partial charge in [0, 0.05) is 13.7 Å². The van der Waals surface area contributed by atoms with Gasteiger partial charge in [-0.25, -0.2) is 0 Å². The fourth-order valence-electron chi connectivity index (χ4n) is 1.57. The van der Waals surface area contributed by atoms with Crippen molar-refractivity contribution in [1.29, 1.82) is 0 Å². The first kappa shape index (κ1) is 14.8. The summed E-state index contributed by atoms with van der Waals surface area (Å²) < 4.78 is 15.6. The average Bonchev–Trinajstić information content (AvgIpc) is 2.36. The Morgan fingerprint density at radius 2 is 1.94 bits per heavy atom. The quantitative estimate of drug-likeness (QED) is 0.722. The minimum Gasteiger partial charge on any atom is -0.493 e. The summed E-state index contributed by atoms with van der Waals surface area (Å²) in [5, 5.41) is 3.39. The van der Waals surface area contributed by atoms with E-state index in [9.17, 15) is 0 Å². The van der Waals surface area contributed by atoms with E-state index in [0.29, 0.717) is 11.7 Å². The van der Waals surface area contributed by atoms with Crippen LogP contribution in [0.2, 0.25) is 0 Å². The Balaban J connectivity index is 2.63. The van der Waals surface area contributed by atoms with E-state index < -0.39 is 0 Å². The molecule has 0 atom stereocenters. The molecule has 102 valence electrons. The van der Waals surface area contributed by atoms with Crippen LogP contribution in [0.15, 0.2) is 18.2 Å². The molecule has 1 aromatic carbocycles. The molecule has 4 nitrogen and oxygen atoms in total. The van der Waals surface area contributed by atoms with E-state index in [0.717, 1.165) is 18.8 Å². The summed E-state index contributed by atoms with van der Waals surface area (Å²) in [5.74, 6) is 2.08. The van der Waals surface area contributed by atoms with Gasteiger partial charge in [0.1, 0.15) is 0 Å². The lowest BCUT2D eigenvalue weighted by atomic mass is 10.2. The number of hydrogen-bond acceptors (Lipinski definition) is 4. The smallest absolute Gasteiger partial charge is 0.188 e. The third kappa shape index (κ3) is 4.94. The standard InChI is InChI=1S/C14H23NO3/c1-11(2)8-15-9-12-5-6-13(17-4)14(7-12)18-10-16-3/h5-7,11,15H,8-10H2,1-4H3. The number of nitrogens with one attached hydrogen (secondary N) is 1. The summed E-state index contributed by atoms with van der Waals surface area (Å²) in [6.45, 7) is 6.42. The van der Waals surface area contributed by atoms with Crippen LogP contribution >= 0.6 is 0 Å². The highest BCUT2D eigenvalue weighted by Crippen LogP contribution is 2.28. The zero-order chi connectivity index (χ0) is 13.4. The molecule has 0 spiro atoms. The highest BCUT2D eigenvalue weighted by Gasteiger charge is 2.05. The molecule has 0 aromatic heterocycles. The van der Waals surface area contributed by atoms with Gasteiger partial charge in [-0.15, -0.1) is 0 Å². The lowest BCUT2D eigenvalue weighted by molar-refractivity contribution is 0.0491. The first-order chi connectivity index (χ1) is 8.67. The van der Waals surface area contributed by atoms with Gasteiger partial charge in [0.25, 0.3) is 0 Å². The van der Waals surface area contributed by atoms with Crippen LogP contribution in [-0.4, -0.2) is 27.6 Å². The van der Waals surface area contributed by atoms with Crippen LogP contribution in [-0.2, 0) is 11.3 Å². The fourth-order valence-corrected chi connectivity index (χ4v) is 1.57. The van der Waals surface area contributed by atoms with Crippen LogP contribution in [0.4, 0.5) is 0 Å². The summed E-state index contributed by atoms with van der Waals surface area (Å²) in [6.07, 6.45) is 0. The molecule has 0 unspecified atom stereocenters. The Kier molecular flexibility index (Phi) is 6.54. The molecule has 1 rings (SSSR count). The summed E-state index contributed by atoms with van der Waals surface area (Å²) in [4.78, 5) is 0. The molecular weight excluding hydrogens is 230 g/mol. The van der Waals surface area contributed by atoms with Gasteiger partial charge < -0.3 is 19.5 Å². The van der Waals surface area contributed by atoms with E-state index in [-0.39, 0.29) is 6.79 Å². The molecule has 0 aliphatic carbocycles. The summed E-state index contributed by atoms with van der Waals surface area (Å²) in [5.41, 5.74) is 1.17. The SMILES string of the molecule is COCOc1cc(CNCC(C)C)ccc1OC. The van der Waals surface area contributed by atoms with Gasteiger partial charge in [0.15, 0.2) is 18.3 Å². The van der Waals surface area contributed by atoms with E-state index in [1.807, 2.05) is 18.2 Å². The molecule has 4 heteroatoms. The number of rotatable bonds is 8. The van der Waals surface area contributed by atoms with Gasteiger partial charge >= 0.3 is 0 Å². The van der Waals surface area contributed by atoms with Crippen LogP contribution in [0.5, 0.6) is 11.5 Å². The minimum absolute atomic E-state index is 0.221. The molecule has 0 aliphatic heterocycles. The second-order valence-corrected chi connectivity index (χ2v) is 4.56. The predicted octanol–water partition coefficient (Wildman–Crippen LogP) is 2.42. The van der Waals surface area contributed by atoms with Gasteiger partial charge in [-0.1, -0.05) is 19.9 Å². The number of benzene rings is 1. The van der Waals surface area contributed by atoms with Crippen LogP contribution < -0.4 is 14.8 Å². The normalized spacial score (nSPS) is 10.7. The maximum Gasteiger partial charge on any atom is 0.188 e. The first-order valence-corrected chi connectivity index (χ1v) is 6.16. The van der Waals surface area contributed by atoms with Crippen molar-refractivity contribution in [3.05, 3.63) is 23.8 Å². The molecule has 0 radical (unpaired) electrons. The van der Waals surface area contributed by atoms with Crippen molar-refractivity contribution < 1.29 is 14.2 Å². The summed E-state index contributed by atoms with van der Waals surface area (Å²) in [7, 11) is 3.23. The number of ether oxygens (including phenoxy) is 3. The fraction of sp³-hybridized carbons (Fsp3) is 0.571. The van der Waals surface area contributed by atoms with Crippen molar-refractivity contribution in [2.24, 2.45) is 5.92 Å². The topological polar surface area (TPSA) is 39.7 Å². The first-order valence-electron chi connectivity index (χ1n) is 6.16. The molecule has 0 saturated heterocycles. The largest absolute Gasteiger partial charge is 0.493 e. The zero-order valence-electron chi connectivity index (χ0n) is 11.7. The van der Waals surface area contributed by atoms with Crippen molar-refractivity contribution in [3.63, 3.8) is 0 Å². The van der Waals surface area contributed by atoms with Gasteiger partial charge in [0.05, 0.1) is 7.11 Å². The highest BCUT2D eigenvalue weighted by atomic mass is 16.7. The Bertz CT molecular complexity index is 353. The molecule has 0 heterocycles. The van der Waals surface area contributed by atoms with Gasteiger partial charge in [-0.3, -0.25) is 0 Å². The maximum atomic E-state index is 5.47. The van der Waals surface area contributed by atoms with E-state index in [4.69, 9.17) is 14.2 Å². The number of hydrogen-bond donors (Lipinski definition) is 1. The average molecular weight is 253 g/mol. The van der Waals surface area contributed by atoms with Crippen molar-refractivity contribution >= 4 is 0 Å². The molecule has 1 aromatic rings. The third-order valence-electron chi connectivity index (χ3n) is 2.44. The molecule has 0 fully saturated rings. The molecule has 0 aliphatic rings. The molecule has 1 N–H and O–H groups in total. The third-order valence-corrected chi connectivity index (χ3v) is 2.44. The van der Waals surface area contributed by atoms with Crippen LogP contribution in [0.1, 0.15) is 19.4 Å². The zero-order valence-corrected chi connectivity index (χ0v) is 11.7. The summed E-state index contributed by atoms with van der Waals surface area (Å²) in [6, 6.07) is 5.92. The van der Waals surface area contributed by atoms with Crippen molar-refractivity contribution in [3.8, 4) is 11.5 Å². The van der Waals surface area contributed by atoms with Gasteiger partial charge in [-0.2, -0.15) is 0 Å². The van der Waals surface area contributed by atoms with E-state index in [2.05, 4.69) is 19.2 Å². The second kappa shape index (κ2) is 7.95. The van der Waals surface area contributed by atoms with Gasteiger partial charge in [-0.05, 0) is 30.2 Å². The molecule has 0 saturated carbocycles. The van der Waals surface area contributed by atoms with E-state index in [1.54, 1.807) is 14.2 Å². The van der Waals surface area contributed by atoms with Crippen LogP contribution in [0.25, 0.3) is 0 Å². The molecule has 18 heavy (non-hydrogen) atoms. The Morgan fingerprint density at radius 3 is 2.56 bits per heavy atom. The molecule has 0 bridgehead atoms. The van der Waals surface area contributed by atoms with E-state index >= 15 is 0 Å². The Morgan fingerprint density at radius 1 is 1.17 bits per heavy atom. The second-order valence-electron chi connectivity index (χ2n) is 4.56. The Labute approximate surface area is 109 Å². The van der Waals surface area contributed by atoms with Gasteiger partial charge in [0.2, 0.25) is 0 Å².